The molecule has 0 saturated carbocycles. The molecule has 2 aromatic heterocycles. The van der Waals surface area contributed by atoms with Crippen molar-refractivity contribution in [1.29, 1.82) is 0 Å². The van der Waals surface area contributed by atoms with Gasteiger partial charge in [-0.1, -0.05) is 45.6 Å². The average molecular weight is 754 g/mol. The van der Waals surface area contributed by atoms with Gasteiger partial charge in [-0.25, -0.2) is 8.78 Å². The monoisotopic (exact) mass is 753 g/mol. The van der Waals surface area contributed by atoms with E-state index >= 15 is 4.39 Å². The zero-order valence-electron chi connectivity index (χ0n) is 32.4. The van der Waals surface area contributed by atoms with Crippen LogP contribution in [-0.4, -0.2) is 87.8 Å². The molecule has 3 N–H and O–H groups in total. The third-order valence-corrected chi connectivity index (χ3v) is 11.7. The van der Waals surface area contributed by atoms with E-state index in [0.717, 1.165) is 84.1 Å². The molecule has 2 aromatic carbocycles. The van der Waals surface area contributed by atoms with E-state index in [4.69, 9.17) is 16.1 Å². The van der Waals surface area contributed by atoms with Crippen LogP contribution < -0.4 is 20.3 Å². The van der Waals surface area contributed by atoms with Crippen molar-refractivity contribution in [2.75, 3.05) is 37.6 Å². The number of pyridine rings is 1. The fourth-order valence-corrected chi connectivity index (χ4v) is 8.13. The number of carbonyl (C=O) groups excluding carboxylic acids is 1. The number of anilines is 1. The van der Waals surface area contributed by atoms with Crippen LogP contribution in [0.3, 0.4) is 0 Å². The van der Waals surface area contributed by atoms with Crippen LogP contribution in [0.5, 0.6) is 11.8 Å². The number of piperidine rings is 1. The minimum atomic E-state index is -0.724. The van der Waals surface area contributed by atoms with Crippen LogP contribution in [0.1, 0.15) is 91.0 Å². The largest absolute Gasteiger partial charge is 0.508 e. The molecule has 10 nitrogen and oxygen atoms in total. The lowest BCUT2D eigenvalue weighted by molar-refractivity contribution is -0.122. The first-order chi connectivity index (χ1) is 26.4. The van der Waals surface area contributed by atoms with Gasteiger partial charge in [-0.2, -0.15) is 9.97 Å². The van der Waals surface area contributed by atoms with Crippen LogP contribution in [0.4, 0.5) is 14.6 Å². The number of benzene rings is 2. The first kappa shape index (κ1) is 38.7. The Kier molecular flexibility index (Phi) is 11.4. The van der Waals surface area contributed by atoms with Gasteiger partial charge >= 0.3 is 6.01 Å². The van der Waals surface area contributed by atoms with Crippen molar-refractivity contribution in [3.8, 4) is 35.4 Å². The minimum Gasteiger partial charge on any atom is -0.508 e. The Morgan fingerprint density at radius 1 is 1.07 bits per heavy atom. The lowest BCUT2D eigenvalue weighted by Crippen LogP contribution is -2.51. The highest BCUT2D eigenvalue weighted by atomic mass is 19.1. The molecule has 7 rings (SSSR count). The molecule has 1 amide bonds. The molecular weight excluding hydrogens is 701 g/mol. The van der Waals surface area contributed by atoms with Crippen LogP contribution in [0.2, 0.25) is 0 Å². The molecule has 3 aliphatic rings. The normalized spacial score (nSPS) is 19.8. The molecule has 3 unspecified atom stereocenters. The third-order valence-electron chi connectivity index (χ3n) is 11.7. The first-order valence-corrected chi connectivity index (χ1v) is 19.9. The van der Waals surface area contributed by atoms with Crippen LogP contribution in [0.15, 0.2) is 30.5 Å². The third kappa shape index (κ3) is 8.63. The number of ether oxygens (including phenoxy) is 1. The number of halogens is 2. The summed E-state index contributed by atoms with van der Waals surface area (Å²) in [6.45, 7) is 12.6. The van der Waals surface area contributed by atoms with Crippen molar-refractivity contribution >= 4 is 33.4 Å². The fraction of sp³-hybridized carbons (Fsp3) is 0.535. The number of nitrogens with zero attached hydrogens (tertiary/aromatic N) is 5. The number of terminal acetylenes is 1. The molecular formula is C43H53F2N7O3. The first-order valence-electron chi connectivity index (χ1n) is 19.9. The molecule has 4 aromatic rings. The summed E-state index contributed by atoms with van der Waals surface area (Å²) >= 11 is 0. The SMILES string of the molecule is C#Cc1c(F)ccc2cc(O)cc(-c3ncc4c(N5CC6CCC(C5)N6)nc(OC5CCN(CCCCCCC(=O)NC(C)C(C)(C)C)CC5)nc4c3F)c12. The maximum absolute atomic E-state index is 16.9. The van der Waals surface area contributed by atoms with Gasteiger partial charge in [-0.3, -0.25) is 9.78 Å². The molecule has 292 valence electrons. The number of hydrogen-bond acceptors (Lipinski definition) is 9. The van der Waals surface area contributed by atoms with Crippen molar-refractivity contribution < 1.29 is 23.4 Å². The standard InChI is InChI=1S/C43H53F2N7O3/c1-6-32-35(44)15-12-27-21-30(53)22-33(37(27)32)39-38(45)40-34(23-46-39)41(52-24-28-13-14-29(25-52)48-28)50-42(49-40)55-31-16-19-51(20-17-31)18-10-8-7-9-11-36(54)47-26(2)43(3,4)5/h1,12,15,21-23,26,28-29,31,48,53H,7-11,13-14,16-20,24-25H2,2-5H3,(H,47,54). The predicted octanol–water partition coefficient (Wildman–Crippen LogP) is 7.10. The maximum atomic E-state index is 16.9. The van der Waals surface area contributed by atoms with Crippen molar-refractivity contribution in [2.24, 2.45) is 5.41 Å². The number of aromatic hydroxyl groups is 1. The van der Waals surface area contributed by atoms with Crippen molar-refractivity contribution in [1.82, 2.24) is 30.5 Å². The van der Waals surface area contributed by atoms with Crippen LogP contribution >= 0.6 is 0 Å². The Hall–Kier alpha value is -4.60. The highest BCUT2D eigenvalue weighted by molar-refractivity contribution is 6.03. The molecule has 3 aliphatic heterocycles. The van der Waals surface area contributed by atoms with Gasteiger partial charge in [0.05, 0.1) is 10.9 Å². The Balaban J connectivity index is 1.05. The lowest BCUT2D eigenvalue weighted by Gasteiger charge is -2.35. The summed E-state index contributed by atoms with van der Waals surface area (Å²) in [5.41, 5.74) is 0.137. The number of piperazine rings is 1. The maximum Gasteiger partial charge on any atom is 0.319 e. The smallest absolute Gasteiger partial charge is 0.319 e. The number of rotatable bonds is 12. The molecule has 12 heteroatoms. The second-order valence-electron chi connectivity index (χ2n) is 16.7. The average Bonchev–Trinajstić information content (AvgIpc) is 3.49. The molecule has 0 spiro atoms. The highest BCUT2D eigenvalue weighted by Crippen LogP contribution is 2.39. The number of likely N-dealkylation sites (tertiary alicyclic amines) is 1. The molecule has 5 heterocycles. The Bertz CT molecular complexity index is 2080. The zero-order valence-corrected chi connectivity index (χ0v) is 32.4. The Morgan fingerprint density at radius 3 is 2.51 bits per heavy atom. The van der Waals surface area contributed by atoms with Crippen LogP contribution in [0, 0.1) is 29.4 Å². The van der Waals surface area contributed by atoms with Gasteiger partial charge in [0.15, 0.2) is 5.82 Å². The second kappa shape index (κ2) is 16.2. The van der Waals surface area contributed by atoms with E-state index in [1.54, 1.807) is 6.20 Å². The highest BCUT2D eigenvalue weighted by Gasteiger charge is 2.35. The van der Waals surface area contributed by atoms with Crippen molar-refractivity contribution in [2.45, 2.75) is 110 Å². The quantitative estimate of drug-likeness (QED) is 0.103. The van der Waals surface area contributed by atoms with E-state index in [1.165, 1.54) is 24.3 Å². The molecule has 0 aliphatic carbocycles. The van der Waals surface area contributed by atoms with E-state index in [1.807, 2.05) is 0 Å². The number of phenols is 1. The molecule has 3 saturated heterocycles. The summed E-state index contributed by atoms with van der Waals surface area (Å²) in [5, 5.41) is 18.6. The van der Waals surface area contributed by atoms with Crippen LogP contribution in [0.25, 0.3) is 32.9 Å². The van der Waals surface area contributed by atoms with Gasteiger partial charge in [0.2, 0.25) is 5.91 Å². The molecule has 55 heavy (non-hydrogen) atoms. The number of unbranched alkanes of at least 4 members (excludes halogenated alkanes) is 3. The molecule has 3 fully saturated rings. The van der Waals surface area contributed by atoms with E-state index in [-0.39, 0.29) is 63.0 Å². The van der Waals surface area contributed by atoms with Gasteiger partial charge in [0.25, 0.3) is 0 Å². The van der Waals surface area contributed by atoms with Crippen molar-refractivity contribution in [3.63, 3.8) is 0 Å². The van der Waals surface area contributed by atoms with Gasteiger partial charge < -0.3 is 30.3 Å². The number of nitrogens with one attached hydrogen (secondary N) is 2. The summed E-state index contributed by atoms with van der Waals surface area (Å²) in [4.78, 5) is 31.0. The number of phenolic OH excluding ortho intramolecular Hbond substituents is 1. The molecule has 3 atom stereocenters. The summed E-state index contributed by atoms with van der Waals surface area (Å²) in [6.07, 6.45) is 15.5. The Labute approximate surface area is 322 Å². The van der Waals surface area contributed by atoms with Gasteiger partial charge in [-0.05, 0) is 81.0 Å². The molecule has 2 bridgehead atoms. The van der Waals surface area contributed by atoms with Gasteiger partial charge in [0.1, 0.15) is 34.7 Å². The second-order valence-corrected chi connectivity index (χ2v) is 16.7. The predicted molar refractivity (Wildman–Crippen MR) is 212 cm³/mol. The summed E-state index contributed by atoms with van der Waals surface area (Å²) in [5.74, 6) is 1.64. The topological polar surface area (TPSA) is 116 Å². The number of carbonyl (C=O) groups is 1. The number of hydrogen-bond donors (Lipinski definition) is 3. The number of aromatic nitrogens is 3. The van der Waals surface area contributed by atoms with Gasteiger partial charge in [0, 0.05) is 67.9 Å². The number of amides is 1. The van der Waals surface area contributed by atoms with E-state index in [0.29, 0.717) is 35.1 Å². The van der Waals surface area contributed by atoms with Crippen LogP contribution in [-0.2, 0) is 4.79 Å². The van der Waals surface area contributed by atoms with E-state index in [2.05, 4.69) is 64.0 Å². The molecule has 0 radical (unpaired) electrons. The van der Waals surface area contributed by atoms with Gasteiger partial charge in [-0.15, -0.1) is 6.42 Å². The summed E-state index contributed by atoms with van der Waals surface area (Å²) in [7, 11) is 0. The van der Waals surface area contributed by atoms with Crippen molar-refractivity contribution in [3.05, 3.63) is 47.7 Å². The van der Waals surface area contributed by atoms with E-state index in [9.17, 15) is 14.3 Å². The minimum absolute atomic E-state index is 0.0328. The summed E-state index contributed by atoms with van der Waals surface area (Å²) in [6, 6.07) is 6.44. The zero-order chi connectivity index (χ0) is 38.9. The Morgan fingerprint density at radius 2 is 1.80 bits per heavy atom. The number of fused-ring (bicyclic) bond motifs is 4. The summed E-state index contributed by atoms with van der Waals surface area (Å²) < 4.78 is 38.3. The lowest BCUT2D eigenvalue weighted by atomic mass is 9.88. The fourth-order valence-electron chi connectivity index (χ4n) is 8.13. The van der Waals surface area contributed by atoms with E-state index < -0.39 is 11.6 Å².